The first-order valence-electron chi connectivity index (χ1n) is 8.45. The van der Waals surface area contributed by atoms with Gasteiger partial charge in [-0.2, -0.15) is 0 Å². The summed E-state index contributed by atoms with van der Waals surface area (Å²) in [6.07, 6.45) is 2.27. The van der Waals surface area contributed by atoms with Crippen LogP contribution in [-0.4, -0.2) is 59.1 Å². The number of rotatable bonds is 5. The standard InChI is InChI=1S/C16H29N3O3.ClH/c1-4-5-10-19-14(21)12(13(20)11(2)3)18-15(22)16(19)6-8-17-9-7-16;/h11-13,17,20H,4-10H2,1-3H3,(H,18,22);1H. The molecule has 2 fully saturated rings. The lowest BCUT2D eigenvalue weighted by molar-refractivity contribution is -0.163. The van der Waals surface area contributed by atoms with Crippen LogP contribution in [0.4, 0.5) is 0 Å². The van der Waals surface area contributed by atoms with Crippen LogP contribution < -0.4 is 10.6 Å². The van der Waals surface area contributed by atoms with Gasteiger partial charge < -0.3 is 20.6 Å². The summed E-state index contributed by atoms with van der Waals surface area (Å²) in [6.45, 7) is 7.85. The number of nitrogens with one attached hydrogen (secondary N) is 2. The summed E-state index contributed by atoms with van der Waals surface area (Å²) in [5, 5.41) is 16.4. The van der Waals surface area contributed by atoms with Crippen LogP contribution in [-0.2, 0) is 9.59 Å². The number of aliphatic hydroxyl groups is 1. The molecule has 0 aromatic carbocycles. The Balaban J connectivity index is 0.00000264. The van der Waals surface area contributed by atoms with Gasteiger partial charge in [0.05, 0.1) is 6.10 Å². The van der Waals surface area contributed by atoms with Crippen LogP contribution in [0.25, 0.3) is 0 Å². The average molecular weight is 348 g/mol. The molecule has 0 bridgehead atoms. The Morgan fingerprint density at radius 3 is 2.43 bits per heavy atom. The Morgan fingerprint density at radius 1 is 1.30 bits per heavy atom. The summed E-state index contributed by atoms with van der Waals surface area (Å²) in [4.78, 5) is 27.5. The minimum atomic E-state index is -0.848. The maximum Gasteiger partial charge on any atom is 0.248 e. The summed E-state index contributed by atoms with van der Waals surface area (Å²) in [5.74, 6) is -0.310. The number of piperazine rings is 1. The monoisotopic (exact) mass is 347 g/mol. The van der Waals surface area contributed by atoms with Gasteiger partial charge >= 0.3 is 0 Å². The normalized spacial score (nSPS) is 25.3. The van der Waals surface area contributed by atoms with Crippen molar-refractivity contribution in [2.45, 2.75) is 64.1 Å². The molecule has 0 radical (unpaired) electrons. The highest BCUT2D eigenvalue weighted by Gasteiger charge is 2.53. The van der Waals surface area contributed by atoms with E-state index in [1.165, 1.54) is 0 Å². The van der Waals surface area contributed by atoms with Crippen molar-refractivity contribution in [3.63, 3.8) is 0 Å². The van der Waals surface area contributed by atoms with Gasteiger partial charge in [-0.05, 0) is 38.3 Å². The lowest BCUT2D eigenvalue weighted by Gasteiger charge is -2.51. The highest BCUT2D eigenvalue weighted by atomic mass is 35.5. The zero-order chi connectivity index (χ0) is 16.3. The second-order valence-electron chi connectivity index (χ2n) is 6.81. The van der Waals surface area contributed by atoms with Crippen molar-refractivity contribution in [2.24, 2.45) is 5.92 Å². The number of piperidine rings is 1. The van der Waals surface area contributed by atoms with Crippen LogP contribution in [0.1, 0.15) is 46.5 Å². The summed E-state index contributed by atoms with van der Waals surface area (Å²) in [5.41, 5.74) is -0.731. The van der Waals surface area contributed by atoms with E-state index in [1.807, 2.05) is 13.8 Å². The third kappa shape index (κ3) is 3.80. The Bertz CT molecular complexity index is 425. The number of carbonyl (C=O) groups excluding carboxylic acids is 2. The Labute approximate surface area is 144 Å². The lowest BCUT2D eigenvalue weighted by atomic mass is 9.81. The molecular weight excluding hydrogens is 318 g/mol. The third-order valence-corrected chi connectivity index (χ3v) is 4.95. The molecule has 2 amide bonds. The number of nitrogens with zero attached hydrogens (tertiary/aromatic N) is 1. The second kappa shape index (κ2) is 8.31. The van der Waals surface area contributed by atoms with Gasteiger partial charge in [-0.15, -0.1) is 12.4 Å². The molecule has 6 nitrogen and oxygen atoms in total. The molecule has 2 rings (SSSR count). The van der Waals surface area contributed by atoms with E-state index < -0.39 is 17.7 Å². The Hall–Kier alpha value is -0.850. The number of halogens is 1. The zero-order valence-electron chi connectivity index (χ0n) is 14.3. The fraction of sp³-hybridized carbons (Fsp3) is 0.875. The molecule has 2 aliphatic heterocycles. The maximum atomic E-state index is 12.9. The molecule has 2 aliphatic rings. The van der Waals surface area contributed by atoms with E-state index in [2.05, 4.69) is 17.6 Å². The number of amides is 2. The molecule has 1 spiro atoms. The first-order chi connectivity index (χ1) is 10.4. The van der Waals surface area contributed by atoms with Gasteiger partial charge in [0.25, 0.3) is 0 Å². The predicted octanol–water partition coefficient (Wildman–Crippen LogP) is 0.674. The molecule has 2 unspecified atom stereocenters. The molecular formula is C16H30ClN3O3. The highest BCUT2D eigenvalue weighted by molar-refractivity contribution is 6.00. The second-order valence-corrected chi connectivity index (χ2v) is 6.81. The number of hydrogen-bond acceptors (Lipinski definition) is 4. The number of hydrogen-bond donors (Lipinski definition) is 3. The van der Waals surface area contributed by atoms with Crippen molar-refractivity contribution in [3.8, 4) is 0 Å². The van der Waals surface area contributed by atoms with E-state index in [9.17, 15) is 14.7 Å². The fourth-order valence-electron chi connectivity index (χ4n) is 3.43. The predicted molar refractivity (Wildman–Crippen MR) is 91.5 cm³/mol. The van der Waals surface area contributed by atoms with E-state index in [-0.39, 0.29) is 30.1 Å². The van der Waals surface area contributed by atoms with Crippen molar-refractivity contribution in [3.05, 3.63) is 0 Å². The summed E-state index contributed by atoms with van der Waals surface area (Å²) < 4.78 is 0. The first-order valence-corrected chi connectivity index (χ1v) is 8.45. The topological polar surface area (TPSA) is 81.7 Å². The van der Waals surface area contributed by atoms with Crippen molar-refractivity contribution in [1.29, 1.82) is 0 Å². The molecule has 2 atom stereocenters. The number of aliphatic hydroxyl groups excluding tert-OH is 1. The quantitative estimate of drug-likeness (QED) is 0.683. The van der Waals surface area contributed by atoms with Gasteiger partial charge in [0.2, 0.25) is 11.8 Å². The minimum absolute atomic E-state index is 0. The number of carbonyl (C=O) groups is 2. The van der Waals surface area contributed by atoms with Crippen LogP contribution >= 0.6 is 12.4 Å². The number of unbranched alkanes of at least 4 members (excludes halogenated alkanes) is 1. The van der Waals surface area contributed by atoms with E-state index in [4.69, 9.17) is 0 Å². The van der Waals surface area contributed by atoms with Crippen LogP contribution in [0.3, 0.4) is 0 Å². The molecule has 2 saturated heterocycles. The summed E-state index contributed by atoms with van der Waals surface area (Å²) in [7, 11) is 0. The minimum Gasteiger partial charge on any atom is -0.390 e. The highest BCUT2D eigenvalue weighted by Crippen LogP contribution is 2.32. The van der Waals surface area contributed by atoms with E-state index in [0.717, 1.165) is 25.9 Å². The van der Waals surface area contributed by atoms with Crippen LogP contribution in [0.15, 0.2) is 0 Å². The molecule has 23 heavy (non-hydrogen) atoms. The summed E-state index contributed by atoms with van der Waals surface area (Å²) in [6, 6.07) is -0.815. The molecule has 2 heterocycles. The molecule has 134 valence electrons. The molecule has 0 aromatic heterocycles. The van der Waals surface area contributed by atoms with E-state index in [0.29, 0.717) is 19.4 Å². The van der Waals surface area contributed by atoms with Gasteiger partial charge in [-0.3, -0.25) is 9.59 Å². The fourth-order valence-corrected chi connectivity index (χ4v) is 3.43. The first kappa shape index (κ1) is 20.2. The Kier molecular flexibility index (Phi) is 7.29. The molecule has 7 heteroatoms. The zero-order valence-corrected chi connectivity index (χ0v) is 15.1. The molecule has 0 saturated carbocycles. The van der Waals surface area contributed by atoms with Gasteiger partial charge in [0, 0.05) is 6.54 Å². The van der Waals surface area contributed by atoms with Crippen molar-refractivity contribution < 1.29 is 14.7 Å². The largest absolute Gasteiger partial charge is 0.390 e. The van der Waals surface area contributed by atoms with E-state index >= 15 is 0 Å². The van der Waals surface area contributed by atoms with Crippen molar-refractivity contribution >= 4 is 24.2 Å². The van der Waals surface area contributed by atoms with Gasteiger partial charge in [-0.25, -0.2) is 0 Å². The summed E-state index contributed by atoms with van der Waals surface area (Å²) >= 11 is 0. The van der Waals surface area contributed by atoms with Gasteiger partial charge in [0.15, 0.2) is 0 Å². The Morgan fingerprint density at radius 2 is 1.91 bits per heavy atom. The van der Waals surface area contributed by atoms with Crippen LogP contribution in [0, 0.1) is 5.92 Å². The third-order valence-electron chi connectivity index (χ3n) is 4.95. The average Bonchev–Trinajstić information content (AvgIpc) is 2.51. The SMILES string of the molecule is CCCCN1C(=O)C(C(O)C(C)C)NC(=O)C12CCNCC2.Cl. The van der Waals surface area contributed by atoms with E-state index in [1.54, 1.807) is 4.90 Å². The molecule has 0 aromatic rings. The van der Waals surface area contributed by atoms with Crippen LogP contribution in [0.2, 0.25) is 0 Å². The molecule has 0 aliphatic carbocycles. The molecule has 3 N–H and O–H groups in total. The van der Waals surface area contributed by atoms with Crippen LogP contribution in [0.5, 0.6) is 0 Å². The van der Waals surface area contributed by atoms with Gasteiger partial charge in [-0.1, -0.05) is 27.2 Å². The smallest absolute Gasteiger partial charge is 0.248 e. The lowest BCUT2D eigenvalue weighted by Crippen LogP contribution is -2.74. The van der Waals surface area contributed by atoms with Crippen molar-refractivity contribution in [2.75, 3.05) is 19.6 Å². The van der Waals surface area contributed by atoms with Crippen molar-refractivity contribution in [1.82, 2.24) is 15.5 Å². The maximum absolute atomic E-state index is 12.9. The van der Waals surface area contributed by atoms with Gasteiger partial charge in [0.1, 0.15) is 11.6 Å².